The summed E-state index contributed by atoms with van der Waals surface area (Å²) in [6.45, 7) is 5.60. The van der Waals surface area contributed by atoms with Crippen molar-refractivity contribution in [1.29, 1.82) is 0 Å². The molecule has 132 valence electrons. The number of nitrogens with zero attached hydrogens (tertiary/aromatic N) is 2. The molecule has 1 heterocycles. The second-order valence-electron chi connectivity index (χ2n) is 5.82. The predicted molar refractivity (Wildman–Crippen MR) is 94.2 cm³/mol. The Bertz CT molecular complexity index is 629. The van der Waals surface area contributed by atoms with Gasteiger partial charge < -0.3 is 19.9 Å². The van der Waals surface area contributed by atoms with Gasteiger partial charge in [0.15, 0.2) is 5.75 Å². The second kappa shape index (κ2) is 7.94. The van der Waals surface area contributed by atoms with Gasteiger partial charge in [-0.1, -0.05) is 23.2 Å². The van der Waals surface area contributed by atoms with E-state index >= 15 is 0 Å². The number of piperazine rings is 1. The summed E-state index contributed by atoms with van der Waals surface area (Å²) in [5.41, 5.74) is 0.256. The molecule has 0 aliphatic carbocycles. The van der Waals surface area contributed by atoms with Crippen LogP contribution in [-0.2, 0) is 0 Å². The van der Waals surface area contributed by atoms with E-state index in [0.29, 0.717) is 36.2 Å². The third-order valence-corrected chi connectivity index (χ3v) is 4.36. The summed E-state index contributed by atoms with van der Waals surface area (Å²) in [7, 11) is 1.45. The van der Waals surface area contributed by atoms with Crippen LogP contribution < -0.4 is 10.1 Å². The van der Waals surface area contributed by atoms with Gasteiger partial charge in [0.1, 0.15) is 5.56 Å². The van der Waals surface area contributed by atoms with E-state index in [2.05, 4.69) is 5.32 Å². The Balaban J connectivity index is 2.09. The Morgan fingerprint density at radius 2 is 1.62 bits per heavy atom. The van der Waals surface area contributed by atoms with E-state index in [9.17, 15) is 9.59 Å². The summed E-state index contributed by atoms with van der Waals surface area (Å²) in [5, 5.41) is 3.47. The molecule has 1 aliphatic heterocycles. The molecule has 1 fully saturated rings. The SMILES string of the molecule is COc1c(Cl)ccc(Cl)c1C(=O)N1CCN(C(=O)NC(C)C)CC1. The van der Waals surface area contributed by atoms with Crippen LogP contribution in [0.3, 0.4) is 0 Å². The van der Waals surface area contributed by atoms with Gasteiger partial charge in [-0.3, -0.25) is 4.79 Å². The Morgan fingerprint density at radius 3 is 2.17 bits per heavy atom. The van der Waals surface area contributed by atoms with Gasteiger partial charge in [-0.25, -0.2) is 4.79 Å². The number of carbonyl (C=O) groups is 2. The largest absolute Gasteiger partial charge is 0.494 e. The molecule has 1 N–H and O–H groups in total. The van der Waals surface area contributed by atoms with Crippen LogP contribution in [0.1, 0.15) is 24.2 Å². The number of hydrogen-bond acceptors (Lipinski definition) is 3. The number of amides is 3. The maximum atomic E-state index is 12.8. The molecule has 6 nitrogen and oxygen atoms in total. The summed E-state index contributed by atoms with van der Waals surface area (Å²) in [6.07, 6.45) is 0. The first-order valence-electron chi connectivity index (χ1n) is 7.71. The van der Waals surface area contributed by atoms with Crippen molar-refractivity contribution in [2.75, 3.05) is 33.3 Å². The average Bonchev–Trinajstić information content (AvgIpc) is 2.55. The van der Waals surface area contributed by atoms with Crippen LogP contribution in [0.2, 0.25) is 10.0 Å². The summed E-state index contributed by atoms with van der Waals surface area (Å²) in [4.78, 5) is 28.1. The van der Waals surface area contributed by atoms with Gasteiger partial charge >= 0.3 is 6.03 Å². The van der Waals surface area contributed by atoms with Gasteiger partial charge in [0.05, 0.1) is 17.2 Å². The number of urea groups is 1. The highest BCUT2D eigenvalue weighted by molar-refractivity contribution is 6.37. The number of rotatable bonds is 3. The zero-order chi connectivity index (χ0) is 17.9. The fourth-order valence-corrected chi connectivity index (χ4v) is 3.01. The van der Waals surface area contributed by atoms with Crippen molar-refractivity contribution in [1.82, 2.24) is 15.1 Å². The van der Waals surface area contributed by atoms with Crippen molar-refractivity contribution < 1.29 is 14.3 Å². The minimum Gasteiger partial charge on any atom is -0.494 e. The van der Waals surface area contributed by atoms with E-state index in [0.717, 1.165) is 0 Å². The lowest BCUT2D eigenvalue weighted by Crippen LogP contribution is -2.54. The number of methoxy groups -OCH3 is 1. The molecule has 0 unspecified atom stereocenters. The monoisotopic (exact) mass is 373 g/mol. The molecule has 0 saturated carbocycles. The average molecular weight is 374 g/mol. The van der Waals surface area contributed by atoms with Crippen molar-refractivity contribution in [3.63, 3.8) is 0 Å². The lowest BCUT2D eigenvalue weighted by atomic mass is 10.1. The molecule has 0 aromatic heterocycles. The van der Waals surface area contributed by atoms with Crippen molar-refractivity contribution in [3.05, 3.63) is 27.7 Å². The topological polar surface area (TPSA) is 61.9 Å². The molecule has 0 bridgehead atoms. The van der Waals surface area contributed by atoms with E-state index < -0.39 is 0 Å². The fraction of sp³-hybridized carbons (Fsp3) is 0.500. The van der Waals surface area contributed by atoms with Gasteiger partial charge in [0, 0.05) is 32.2 Å². The summed E-state index contributed by atoms with van der Waals surface area (Å²) in [6, 6.07) is 3.13. The number of carbonyl (C=O) groups excluding carboxylic acids is 2. The van der Waals surface area contributed by atoms with Crippen molar-refractivity contribution in [2.45, 2.75) is 19.9 Å². The first-order valence-corrected chi connectivity index (χ1v) is 8.47. The maximum Gasteiger partial charge on any atom is 0.317 e. The van der Waals surface area contributed by atoms with E-state index in [-0.39, 0.29) is 29.3 Å². The number of benzene rings is 1. The second-order valence-corrected chi connectivity index (χ2v) is 6.64. The molecule has 1 aliphatic rings. The molecule has 1 aromatic carbocycles. The third kappa shape index (κ3) is 4.05. The van der Waals surface area contributed by atoms with Crippen molar-refractivity contribution in [2.24, 2.45) is 0 Å². The minimum absolute atomic E-state index is 0.0756. The lowest BCUT2D eigenvalue weighted by Gasteiger charge is -2.35. The molecule has 0 spiro atoms. The summed E-state index contributed by atoms with van der Waals surface area (Å²) < 4.78 is 5.23. The molecule has 1 aromatic rings. The Morgan fingerprint density at radius 1 is 1.08 bits per heavy atom. The zero-order valence-electron chi connectivity index (χ0n) is 13.9. The van der Waals surface area contributed by atoms with Gasteiger partial charge in [0.2, 0.25) is 0 Å². The molecule has 8 heteroatoms. The number of ether oxygens (including phenoxy) is 1. The molecule has 3 amide bonds. The predicted octanol–water partition coefficient (Wildman–Crippen LogP) is 2.88. The number of hydrogen-bond donors (Lipinski definition) is 1. The van der Waals surface area contributed by atoms with Crippen LogP contribution in [0.15, 0.2) is 12.1 Å². The zero-order valence-corrected chi connectivity index (χ0v) is 15.4. The Labute approximate surface area is 151 Å². The molecular weight excluding hydrogens is 353 g/mol. The third-order valence-electron chi connectivity index (χ3n) is 3.74. The molecule has 2 rings (SSSR count). The van der Waals surface area contributed by atoms with Crippen LogP contribution in [0.5, 0.6) is 5.75 Å². The first kappa shape index (κ1) is 18.7. The van der Waals surface area contributed by atoms with Gasteiger partial charge in [-0.05, 0) is 26.0 Å². The van der Waals surface area contributed by atoms with E-state index in [1.165, 1.54) is 7.11 Å². The minimum atomic E-state index is -0.247. The first-order chi connectivity index (χ1) is 11.3. The Kier molecular flexibility index (Phi) is 6.18. The lowest BCUT2D eigenvalue weighted by molar-refractivity contribution is 0.0661. The van der Waals surface area contributed by atoms with Crippen molar-refractivity contribution in [3.8, 4) is 5.75 Å². The fourth-order valence-electron chi connectivity index (χ4n) is 2.54. The molecule has 0 radical (unpaired) electrons. The molecule has 1 saturated heterocycles. The van der Waals surface area contributed by atoms with Gasteiger partial charge in [-0.15, -0.1) is 0 Å². The number of halogens is 2. The van der Waals surface area contributed by atoms with Gasteiger partial charge in [0.25, 0.3) is 5.91 Å². The smallest absolute Gasteiger partial charge is 0.317 e. The molecular formula is C16H21Cl2N3O3. The summed E-state index contributed by atoms with van der Waals surface area (Å²) in [5.74, 6) is 0.0254. The normalized spacial score (nSPS) is 14.8. The van der Waals surface area contributed by atoms with Gasteiger partial charge in [-0.2, -0.15) is 0 Å². The van der Waals surface area contributed by atoms with E-state index in [1.807, 2.05) is 13.8 Å². The van der Waals surface area contributed by atoms with Crippen LogP contribution in [0.4, 0.5) is 4.79 Å². The summed E-state index contributed by atoms with van der Waals surface area (Å²) >= 11 is 12.3. The van der Waals surface area contributed by atoms with Crippen LogP contribution in [0.25, 0.3) is 0 Å². The van der Waals surface area contributed by atoms with Crippen molar-refractivity contribution >= 4 is 35.1 Å². The van der Waals surface area contributed by atoms with Crippen LogP contribution >= 0.6 is 23.2 Å². The van der Waals surface area contributed by atoms with Crippen LogP contribution in [0, 0.1) is 0 Å². The quantitative estimate of drug-likeness (QED) is 0.885. The Hall–Kier alpha value is -1.66. The highest BCUT2D eigenvalue weighted by atomic mass is 35.5. The number of nitrogens with one attached hydrogen (secondary N) is 1. The van der Waals surface area contributed by atoms with E-state index in [1.54, 1.807) is 21.9 Å². The highest BCUT2D eigenvalue weighted by Crippen LogP contribution is 2.34. The molecule has 24 heavy (non-hydrogen) atoms. The maximum absolute atomic E-state index is 12.8. The van der Waals surface area contributed by atoms with Crippen LogP contribution in [-0.4, -0.2) is 61.1 Å². The molecule has 0 atom stereocenters. The highest BCUT2D eigenvalue weighted by Gasteiger charge is 2.28. The van der Waals surface area contributed by atoms with E-state index in [4.69, 9.17) is 27.9 Å². The standard InChI is InChI=1S/C16H21Cl2N3O3/c1-10(2)19-16(23)21-8-6-20(7-9-21)15(22)13-11(17)4-5-12(18)14(13)24-3/h4-5,10H,6-9H2,1-3H3,(H,19,23).